The summed E-state index contributed by atoms with van der Waals surface area (Å²) in [5.74, 6) is 2.94. The van der Waals surface area contributed by atoms with E-state index < -0.39 is 0 Å². The van der Waals surface area contributed by atoms with Crippen LogP contribution in [-0.2, 0) is 6.54 Å². The molecule has 0 spiro atoms. The Kier molecular flexibility index (Phi) is 10.7. The second kappa shape index (κ2) is 14.6. The molecular formula is C40H54N2O. The molecule has 0 amide bonds. The fraction of sp³-hybridized carbons (Fsp3) is 0.500. The predicted molar refractivity (Wildman–Crippen MR) is 184 cm³/mol. The Morgan fingerprint density at radius 1 is 0.860 bits per heavy atom. The predicted octanol–water partition coefficient (Wildman–Crippen LogP) is 10.7. The van der Waals surface area contributed by atoms with Gasteiger partial charge in [-0.2, -0.15) is 0 Å². The van der Waals surface area contributed by atoms with Crippen LogP contribution in [0.25, 0.3) is 22.0 Å². The number of hydrogen-bond acceptors (Lipinski definition) is 2. The maximum atomic E-state index is 6.22. The first-order chi connectivity index (χ1) is 20.6. The molecule has 6 rings (SSSR count). The lowest BCUT2D eigenvalue weighted by Gasteiger charge is -2.26. The fourth-order valence-electron chi connectivity index (χ4n) is 7.93. The Morgan fingerprint density at radius 2 is 1.65 bits per heavy atom. The summed E-state index contributed by atoms with van der Waals surface area (Å²) in [7, 11) is 1.78. The molecule has 0 bridgehead atoms. The van der Waals surface area contributed by atoms with Gasteiger partial charge in [-0.1, -0.05) is 93.6 Å². The molecule has 230 valence electrons. The van der Waals surface area contributed by atoms with Crippen LogP contribution in [0, 0.1) is 18.8 Å². The van der Waals surface area contributed by atoms with E-state index in [1.54, 1.807) is 7.11 Å². The highest BCUT2D eigenvalue weighted by Crippen LogP contribution is 2.41. The smallest absolute Gasteiger partial charge is 0.126 e. The van der Waals surface area contributed by atoms with Gasteiger partial charge >= 0.3 is 0 Å². The van der Waals surface area contributed by atoms with E-state index in [1.165, 1.54) is 110 Å². The summed E-state index contributed by atoms with van der Waals surface area (Å²) in [6, 6.07) is 25.3. The van der Waals surface area contributed by atoms with Crippen LogP contribution < -0.4 is 10.5 Å². The first-order valence-corrected chi connectivity index (χ1v) is 16.7. The van der Waals surface area contributed by atoms with Crippen molar-refractivity contribution in [1.82, 2.24) is 4.57 Å². The third kappa shape index (κ3) is 7.37. The molecular weight excluding hydrogens is 524 g/mol. The summed E-state index contributed by atoms with van der Waals surface area (Å²) in [4.78, 5) is 0. The number of fused-ring (bicyclic) bond motifs is 1. The summed E-state index contributed by atoms with van der Waals surface area (Å²) in [6.45, 7) is 3.37. The number of para-hydroxylation sites is 1. The summed E-state index contributed by atoms with van der Waals surface area (Å²) in [6.07, 6.45) is 18.2. The van der Waals surface area contributed by atoms with E-state index in [9.17, 15) is 0 Å². The van der Waals surface area contributed by atoms with Gasteiger partial charge in [-0.15, -0.1) is 0 Å². The third-order valence-electron chi connectivity index (χ3n) is 10.3. The van der Waals surface area contributed by atoms with Crippen molar-refractivity contribution in [3.8, 4) is 16.9 Å². The lowest BCUT2D eigenvalue weighted by Crippen LogP contribution is -2.26. The Balaban J connectivity index is 0.00000368. The van der Waals surface area contributed by atoms with Crippen LogP contribution >= 0.6 is 0 Å². The van der Waals surface area contributed by atoms with Gasteiger partial charge in [-0.25, -0.2) is 0 Å². The average molecular weight is 579 g/mol. The minimum absolute atomic E-state index is 0. The Bertz CT molecular complexity index is 1450. The molecule has 2 fully saturated rings. The summed E-state index contributed by atoms with van der Waals surface area (Å²) < 4.78 is 8.39. The van der Waals surface area contributed by atoms with E-state index in [0.29, 0.717) is 12.0 Å². The Labute approximate surface area is 260 Å². The molecule has 0 saturated heterocycles. The van der Waals surface area contributed by atoms with Crippen molar-refractivity contribution in [1.29, 1.82) is 0 Å². The molecule has 4 aromatic rings. The number of rotatable bonds is 10. The molecule has 0 aliphatic heterocycles. The van der Waals surface area contributed by atoms with Gasteiger partial charge in [-0.05, 0) is 98.6 Å². The Hall–Kier alpha value is -3.04. The summed E-state index contributed by atoms with van der Waals surface area (Å²) in [5, 5.41) is 1.41. The Morgan fingerprint density at radius 3 is 2.42 bits per heavy atom. The lowest BCUT2D eigenvalue weighted by molar-refractivity contribution is 0.302. The number of aryl methyl sites for hydroxylation is 1. The maximum Gasteiger partial charge on any atom is 0.126 e. The average Bonchev–Trinajstić information content (AvgIpc) is 3.37. The SMILES string of the molecule is C.COc1ccccc1-c1ccc2c(c1)c(C(CCCC1CCC(N)CC1)c1cccc(C)c1)cn2CC1CCCCC1. The summed E-state index contributed by atoms with van der Waals surface area (Å²) >= 11 is 0. The van der Waals surface area contributed by atoms with E-state index in [1.807, 2.05) is 0 Å². The van der Waals surface area contributed by atoms with E-state index in [0.717, 1.165) is 29.7 Å². The highest BCUT2D eigenvalue weighted by molar-refractivity contribution is 5.90. The number of nitrogens with zero attached hydrogens (tertiary/aromatic N) is 1. The molecule has 2 saturated carbocycles. The van der Waals surface area contributed by atoms with Gasteiger partial charge in [0.15, 0.2) is 0 Å². The number of hydrogen-bond donors (Lipinski definition) is 1. The minimum Gasteiger partial charge on any atom is -0.496 e. The van der Waals surface area contributed by atoms with Crippen LogP contribution in [0.5, 0.6) is 5.75 Å². The van der Waals surface area contributed by atoms with Gasteiger partial charge in [0, 0.05) is 41.2 Å². The highest BCUT2D eigenvalue weighted by atomic mass is 16.5. The van der Waals surface area contributed by atoms with Crippen LogP contribution in [0.4, 0.5) is 0 Å². The molecule has 43 heavy (non-hydrogen) atoms. The zero-order valence-corrected chi connectivity index (χ0v) is 25.9. The van der Waals surface area contributed by atoms with Gasteiger partial charge in [0.05, 0.1) is 7.11 Å². The topological polar surface area (TPSA) is 40.2 Å². The molecule has 1 atom stereocenters. The normalized spacial score (nSPS) is 20.1. The van der Waals surface area contributed by atoms with Gasteiger partial charge in [0.1, 0.15) is 5.75 Å². The zero-order valence-electron chi connectivity index (χ0n) is 25.9. The van der Waals surface area contributed by atoms with E-state index >= 15 is 0 Å². The van der Waals surface area contributed by atoms with Crippen molar-refractivity contribution in [3.63, 3.8) is 0 Å². The number of benzene rings is 3. The third-order valence-corrected chi connectivity index (χ3v) is 10.3. The van der Waals surface area contributed by atoms with Crippen molar-refractivity contribution in [2.24, 2.45) is 17.6 Å². The molecule has 2 aliphatic carbocycles. The van der Waals surface area contributed by atoms with Crippen molar-refractivity contribution in [2.45, 2.75) is 110 Å². The molecule has 3 aromatic carbocycles. The van der Waals surface area contributed by atoms with Crippen LogP contribution in [0.1, 0.15) is 107 Å². The molecule has 3 nitrogen and oxygen atoms in total. The van der Waals surface area contributed by atoms with E-state index in [2.05, 4.69) is 84.4 Å². The largest absolute Gasteiger partial charge is 0.496 e. The first kappa shape index (κ1) is 31.4. The van der Waals surface area contributed by atoms with E-state index in [-0.39, 0.29) is 7.43 Å². The lowest BCUT2D eigenvalue weighted by atomic mass is 9.81. The molecule has 2 N–H and O–H groups in total. The summed E-state index contributed by atoms with van der Waals surface area (Å²) in [5.41, 5.74) is 14.3. The number of ether oxygens (including phenoxy) is 1. The number of nitrogens with two attached hydrogens (primary N) is 1. The van der Waals surface area contributed by atoms with Crippen molar-refractivity contribution in [3.05, 3.63) is 89.6 Å². The van der Waals surface area contributed by atoms with Gasteiger partial charge in [0.2, 0.25) is 0 Å². The van der Waals surface area contributed by atoms with Crippen molar-refractivity contribution in [2.75, 3.05) is 7.11 Å². The van der Waals surface area contributed by atoms with Crippen molar-refractivity contribution < 1.29 is 4.74 Å². The van der Waals surface area contributed by atoms with Crippen LogP contribution in [0.2, 0.25) is 0 Å². The standard InChI is InChI=1S/C39H50N2O.CH4/c1-28-10-8-14-31(24-28)34(16-9-13-29-18-21-33(40)22-19-29)37-27-41(26-30-11-4-3-5-12-30)38-23-20-32(25-36(37)38)35-15-6-7-17-39(35)42-2;/h6-8,10,14-15,17,20,23-25,27,29-30,33-34H,3-5,9,11-13,16,18-19,21-22,26,40H2,1-2H3;1H4. The van der Waals surface area contributed by atoms with Gasteiger partial charge in [-0.3, -0.25) is 0 Å². The van der Waals surface area contributed by atoms with Crippen molar-refractivity contribution >= 4 is 10.9 Å². The van der Waals surface area contributed by atoms with Gasteiger partial charge in [0.25, 0.3) is 0 Å². The van der Waals surface area contributed by atoms with Crippen LogP contribution in [0.3, 0.4) is 0 Å². The zero-order chi connectivity index (χ0) is 28.9. The molecule has 3 heteroatoms. The maximum absolute atomic E-state index is 6.22. The highest BCUT2D eigenvalue weighted by Gasteiger charge is 2.24. The molecule has 1 heterocycles. The first-order valence-electron chi connectivity index (χ1n) is 16.7. The quantitative estimate of drug-likeness (QED) is 0.203. The molecule has 2 aliphatic rings. The van der Waals surface area contributed by atoms with E-state index in [4.69, 9.17) is 10.5 Å². The van der Waals surface area contributed by atoms with Crippen LogP contribution in [-0.4, -0.2) is 17.7 Å². The van der Waals surface area contributed by atoms with Gasteiger partial charge < -0.3 is 15.0 Å². The minimum atomic E-state index is 0. The second-order valence-electron chi connectivity index (χ2n) is 13.4. The molecule has 1 unspecified atom stereocenters. The molecule has 1 aromatic heterocycles. The number of aromatic nitrogens is 1. The monoisotopic (exact) mass is 578 g/mol. The fourth-order valence-corrected chi connectivity index (χ4v) is 7.93. The molecule has 0 radical (unpaired) electrons. The van der Waals surface area contributed by atoms with Crippen LogP contribution in [0.15, 0.2) is 72.9 Å². The number of methoxy groups -OCH3 is 1. The second-order valence-corrected chi connectivity index (χ2v) is 13.4.